The molecule has 1 atom stereocenters. The van der Waals surface area contributed by atoms with E-state index in [9.17, 15) is 9.59 Å². The van der Waals surface area contributed by atoms with E-state index in [0.29, 0.717) is 30.7 Å². The van der Waals surface area contributed by atoms with E-state index < -0.39 is 17.4 Å². The van der Waals surface area contributed by atoms with Crippen LogP contribution in [-0.2, 0) is 14.3 Å². The molecule has 1 saturated heterocycles. The van der Waals surface area contributed by atoms with Crippen LogP contribution in [-0.4, -0.2) is 37.7 Å². The fraction of sp³-hybridized carbons (Fsp3) is 0.333. The molecule has 1 amide bonds. The molecule has 1 aliphatic rings. The third kappa shape index (κ3) is 2.92. The predicted molar refractivity (Wildman–Crippen MR) is 90.6 cm³/mol. The minimum absolute atomic E-state index is 0.0961. The van der Waals surface area contributed by atoms with Gasteiger partial charge in [-0.25, -0.2) is 4.79 Å². The molecular formula is C18H20N2O4. The van der Waals surface area contributed by atoms with Crippen LogP contribution < -0.4 is 11.1 Å². The summed E-state index contributed by atoms with van der Waals surface area (Å²) in [6.07, 6.45) is 1.14. The number of benzene rings is 2. The van der Waals surface area contributed by atoms with Gasteiger partial charge in [0, 0.05) is 12.3 Å². The van der Waals surface area contributed by atoms with Crippen molar-refractivity contribution in [3.8, 4) is 0 Å². The molecule has 0 radical (unpaired) electrons. The Morgan fingerprint density at radius 1 is 1.25 bits per heavy atom. The molecule has 6 nitrogen and oxygen atoms in total. The zero-order chi connectivity index (χ0) is 17.2. The van der Waals surface area contributed by atoms with Crippen molar-refractivity contribution >= 4 is 28.3 Å². The summed E-state index contributed by atoms with van der Waals surface area (Å²) in [5.41, 5.74) is 5.57. The molecule has 3 N–H and O–H groups in total. The van der Waals surface area contributed by atoms with Gasteiger partial charge in [0.15, 0.2) is 5.54 Å². The lowest BCUT2D eigenvalue weighted by Gasteiger charge is -2.35. The summed E-state index contributed by atoms with van der Waals surface area (Å²) in [5.74, 6) is -0.913. The van der Waals surface area contributed by atoms with Gasteiger partial charge in [-0.15, -0.1) is 0 Å². The Hall–Kier alpha value is -2.60. The number of fused-ring (bicyclic) bond motifs is 1. The Labute approximate surface area is 139 Å². The van der Waals surface area contributed by atoms with Crippen LogP contribution in [0.5, 0.6) is 0 Å². The number of ether oxygens (including phenoxy) is 2. The van der Waals surface area contributed by atoms with Crippen LogP contribution in [0, 0.1) is 0 Å². The molecular weight excluding hydrogens is 308 g/mol. The van der Waals surface area contributed by atoms with Gasteiger partial charge >= 0.3 is 5.97 Å². The SMILES string of the molecule is COC(=O)C1(NC(=O)c2cc3ccccc3cc2N)CCCOC1. The molecule has 1 unspecified atom stereocenters. The number of nitrogens with two attached hydrogens (primary N) is 1. The van der Waals surface area contributed by atoms with Crippen LogP contribution in [0.15, 0.2) is 36.4 Å². The quantitative estimate of drug-likeness (QED) is 0.663. The van der Waals surface area contributed by atoms with Gasteiger partial charge < -0.3 is 20.5 Å². The van der Waals surface area contributed by atoms with Crippen LogP contribution in [0.1, 0.15) is 23.2 Å². The molecule has 6 heteroatoms. The number of esters is 1. The lowest BCUT2D eigenvalue weighted by molar-refractivity contribution is -0.154. The van der Waals surface area contributed by atoms with E-state index in [1.54, 1.807) is 12.1 Å². The second kappa shape index (κ2) is 6.49. The Morgan fingerprint density at radius 3 is 2.58 bits per heavy atom. The third-order valence-corrected chi connectivity index (χ3v) is 4.33. The number of carbonyl (C=O) groups is 2. The first kappa shape index (κ1) is 16.3. The van der Waals surface area contributed by atoms with Crippen molar-refractivity contribution in [1.29, 1.82) is 0 Å². The maximum atomic E-state index is 12.7. The maximum absolute atomic E-state index is 12.7. The van der Waals surface area contributed by atoms with Crippen molar-refractivity contribution in [2.75, 3.05) is 26.1 Å². The summed E-state index contributed by atoms with van der Waals surface area (Å²) in [6.45, 7) is 0.658. The van der Waals surface area contributed by atoms with E-state index in [4.69, 9.17) is 15.2 Å². The first-order chi connectivity index (χ1) is 11.6. The molecule has 24 heavy (non-hydrogen) atoms. The van der Waals surface area contributed by atoms with Gasteiger partial charge in [0.25, 0.3) is 5.91 Å². The van der Waals surface area contributed by atoms with Crippen LogP contribution in [0.3, 0.4) is 0 Å². The normalized spacial score (nSPS) is 20.5. The summed E-state index contributed by atoms with van der Waals surface area (Å²) in [4.78, 5) is 25.0. The topological polar surface area (TPSA) is 90.7 Å². The average molecular weight is 328 g/mol. The molecule has 0 spiro atoms. The van der Waals surface area contributed by atoms with Crippen molar-refractivity contribution in [2.24, 2.45) is 0 Å². The van der Waals surface area contributed by atoms with Crippen molar-refractivity contribution < 1.29 is 19.1 Å². The van der Waals surface area contributed by atoms with Crippen molar-refractivity contribution in [2.45, 2.75) is 18.4 Å². The average Bonchev–Trinajstić information content (AvgIpc) is 2.61. The molecule has 0 bridgehead atoms. The number of nitrogens with one attached hydrogen (secondary N) is 1. The number of methoxy groups -OCH3 is 1. The molecule has 1 aliphatic heterocycles. The van der Waals surface area contributed by atoms with Gasteiger partial charge in [-0.3, -0.25) is 4.79 Å². The molecule has 3 rings (SSSR count). The predicted octanol–water partition coefficient (Wildman–Crippen LogP) is 1.87. The molecule has 1 fully saturated rings. The van der Waals surface area contributed by atoms with Gasteiger partial charge in [0.05, 0.1) is 19.3 Å². The highest BCUT2D eigenvalue weighted by Gasteiger charge is 2.43. The second-order valence-electron chi connectivity index (χ2n) is 5.97. The summed E-state index contributed by atoms with van der Waals surface area (Å²) in [6, 6.07) is 11.1. The zero-order valence-corrected chi connectivity index (χ0v) is 13.5. The van der Waals surface area contributed by atoms with E-state index >= 15 is 0 Å². The smallest absolute Gasteiger partial charge is 0.334 e. The summed E-state index contributed by atoms with van der Waals surface area (Å²) < 4.78 is 10.3. The first-order valence-corrected chi connectivity index (χ1v) is 7.83. The molecule has 126 valence electrons. The van der Waals surface area contributed by atoms with E-state index in [1.165, 1.54) is 7.11 Å². The van der Waals surface area contributed by atoms with Gasteiger partial charge in [-0.1, -0.05) is 24.3 Å². The largest absolute Gasteiger partial charge is 0.467 e. The van der Waals surface area contributed by atoms with Gasteiger partial charge in [-0.05, 0) is 35.7 Å². The minimum Gasteiger partial charge on any atom is -0.467 e. The molecule has 2 aromatic carbocycles. The highest BCUT2D eigenvalue weighted by atomic mass is 16.5. The third-order valence-electron chi connectivity index (χ3n) is 4.33. The van der Waals surface area contributed by atoms with Crippen molar-refractivity contribution in [3.63, 3.8) is 0 Å². The maximum Gasteiger partial charge on any atom is 0.334 e. The number of carbonyl (C=O) groups excluding carboxylic acids is 2. The number of anilines is 1. The minimum atomic E-state index is -1.16. The van der Waals surface area contributed by atoms with Gasteiger partial charge in [0.1, 0.15) is 0 Å². The molecule has 0 aliphatic carbocycles. The number of amides is 1. The molecule has 0 aromatic heterocycles. The van der Waals surface area contributed by atoms with Crippen LogP contribution in [0.25, 0.3) is 10.8 Å². The van der Waals surface area contributed by atoms with Gasteiger partial charge in [-0.2, -0.15) is 0 Å². The zero-order valence-electron chi connectivity index (χ0n) is 13.5. The Balaban J connectivity index is 1.93. The summed E-state index contributed by atoms with van der Waals surface area (Å²) in [7, 11) is 1.30. The van der Waals surface area contributed by atoms with Crippen LogP contribution in [0.4, 0.5) is 5.69 Å². The van der Waals surface area contributed by atoms with Crippen molar-refractivity contribution in [1.82, 2.24) is 5.32 Å². The number of hydrogen-bond donors (Lipinski definition) is 2. The number of rotatable bonds is 3. The molecule has 2 aromatic rings. The second-order valence-corrected chi connectivity index (χ2v) is 5.97. The monoisotopic (exact) mass is 328 g/mol. The first-order valence-electron chi connectivity index (χ1n) is 7.83. The lowest BCUT2D eigenvalue weighted by Crippen LogP contribution is -2.59. The number of nitrogen functional groups attached to an aromatic ring is 1. The fourth-order valence-electron chi connectivity index (χ4n) is 3.04. The van der Waals surface area contributed by atoms with E-state index in [0.717, 1.165) is 10.8 Å². The highest BCUT2D eigenvalue weighted by molar-refractivity contribution is 6.05. The van der Waals surface area contributed by atoms with Crippen molar-refractivity contribution in [3.05, 3.63) is 42.0 Å². The van der Waals surface area contributed by atoms with E-state index in [-0.39, 0.29) is 6.61 Å². The van der Waals surface area contributed by atoms with Crippen LogP contribution >= 0.6 is 0 Å². The number of hydrogen-bond acceptors (Lipinski definition) is 5. The molecule has 0 saturated carbocycles. The van der Waals surface area contributed by atoms with E-state index in [1.807, 2.05) is 24.3 Å². The Bertz CT molecular complexity index is 782. The summed E-state index contributed by atoms with van der Waals surface area (Å²) >= 11 is 0. The Morgan fingerprint density at radius 2 is 1.96 bits per heavy atom. The van der Waals surface area contributed by atoms with Crippen LogP contribution in [0.2, 0.25) is 0 Å². The fourth-order valence-corrected chi connectivity index (χ4v) is 3.04. The molecule has 1 heterocycles. The van der Waals surface area contributed by atoms with E-state index in [2.05, 4.69) is 5.32 Å². The van der Waals surface area contributed by atoms with Gasteiger partial charge in [0.2, 0.25) is 0 Å². The lowest BCUT2D eigenvalue weighted by atomic mass is 9.91. The Kier molecular flexibility index (Phi) is 4.40. The summed E-state index contributed by atoms with van der Waals surface area (Å²) in [5, 5.41) is 4.65. The highest BCUT2D eigenvalue weighted by Crippen LogP contribution is 2.25. The standard InChI is InChI=1S/C18H20N2O4/c1-23-17(22)18(7-4-8-24-11-18)20-16(21)14-9-12-5-2-3-6-13(12)10-15(14)19/h2-3,5-6,9-10H,4,7-8,11,19H2,1H3,(H,20,21).